The van der Waals surface area contributed by atoms with Gasteiger partial charge in [0.2, 0.25) is 0 Å². The third-order valence-electron chi connectivity index (χ3n) is 3.45. The lowest BCUT2D eigenvalue weighted by Gasteiger charge is -2.37. The van der Waals surface area contributed by atoms with Crippen molar-refractivity contribution in [2.75, 3.05) is 5.32 Å². The van der Waals surface area contributed by atoms with Gasteiger partial charge in [0.05, 0.1) is 0 Å². The van der Waals surface area contributed by atoms with Gasteiger partial charge < -0.3 is 11.1 Å². The fourth-order valence-electron chi connectivity index (χ4n) is 2.83. The molecule has 2 heteroatoms. The molecule has 0 saturated carbocycles. The molecular formula is C16H26N2. The van der Waals surface area contributed by atoms with Crippen LogP contribution in [0.5, 0.6) is 0 Å². The second-order valence-corrected chi connectivity index (χ2v) is 7.48. The van der Waals surface area contributed by atoms with Crippen molar-refractivity contribution in [3.63, 3.8) is 0 Å². The normalized spacial score (nSPS) is 22.2. The summed E-state index contributed by atoms with van der Waals surface area (Å²) in [6.45, 7) is 11.2. The molecule has 1 aromatic carbocycles. The minimum atomic E-state index is 0.0952. The van der Waals surface area contributed by atoms with E-state index >= 15 is 0 Å². The summed E-state index contributed by atoms with van der Waals surface area (Å²) in [5.74, 6) is 0. The van der Waals surface area contributed by atoms with E-state index in [1.54, 1.807) is 0 Å². The van der Waals surface area contributed by atoms with E-state index in [9.17, 15) is 0 Å². The molecule has 1 unspecified atom stereocenters. The Labute approximate surface area is 111 Å². The molecule has 18 heavy (non-hydrogen) atoms. The number of hydrogen-bond acceptors (Lipinski definition) is 2. The summed E-state index contributed by atoms with van der Waals surface area (Å²) >= 11 is 0. The van der Waals surface area contributed by atoms with Gasteiger partial charge >= 0.3 is 0 Å². The summed E-state index contributed by atoms with van der Waals surface area (Å²) in [4.78, 5) is 0. The van der Waals surface area contributed by atoms with Gasteiger partial charge in [-0.15, -0.1) is 0 Å². The van der Waals surface area contributed by atoms with Gasteiger partial charge in [-0.05, 0) is 49.3 Å². The fraction of sp³-hybridized carbons (Fsp3) is 0.625. The molecule has 0 amide bonds. The van der Waals surface area contributed by atoms with Gasteiger partial charge in [-0.2, -0.15) is 0 Å². The van der Waals surface area contributed by atoms with Crippen molar-refractivity contribution in [1.29, 1.82) is 0 Å². The van der Waals surface area contributed by atoms with E-state index in [2.05, 4.69) is 58.1 Å². The van der Waals surface area contributed by atoms with E-state index in [-0.39, 0.29) is 11.6 Å². The fourth-order valence-corrected chi connectivity index (χ4v) is 2.83. The quantitative estimate of drug-likeness (QED) is 0.789. The molecule has 1 atom stereocenters. The van der Waals surface area contributed by atoms with Gasteiger partial charge in [-0.1, -0.05) is 32.9 Å². The van der Waals surface area contributed by atoms with Crippen molar-refractivity contribution in [2.45, 2.75) is 59.0 Å². The summed E-state index contributed by atoms with van der Waals surface area (Å²) < 4.78 is 0. The van der Waals surface area contributed by atoms with Crippen LogP contribution in [0.15, 0.2) is 18.2 Å². The highest BCUT2D eigenvalue weighted by Crippen LogP contribution is 2.37. The Morgan fingerprint density at radius 2 is 2.00 bits per heavy atom. The lowest BCUT2D eigenvalue weighted by Crippen LogP contribution is -2.39. The molecule has 2 nitrogen and oxygen atoms in total. The van der Waals surface area contributed by atoms with Gasteiger partial charge in [0.25, 0.3) is 0 Å². The molecule has 2 rings (SSSR count). The van der Waals surface area contributed by atoms with Gasteiger partial charge in [-0.25, -0.2) is 0 Å². The maximum absolute atomic E-state index is 6.31. The zero-order valence-corrected chi connectivity index (χ0v) is 12.3. The molecule has 1 aliphatic heterocycles. The Hall–Kier alpha value is -1.02. The van der Waals surface area contributed by atoms with Gasteiger partial charge in [0.1, 0.15) is 0 Å². The number of anilines is 1. The van der Waals surface area contributed by atoms with E-state index in [0.717, 1.165) is 12.8 Å². The number of nitrogens with two attached hydrogens (primary N) is 1. The van der Waals surface area contributed by atoms with Crippen LogP contribution in [-0.4, -0.2) is 5.54 Å². The van der Waals surface area contributed by atoms with Crippen molar-refractivity contribution in [2.24, 2.45) is 11.1 Å². The molecule has 0 spiro atoms. The first-order valence-corrected chi connectivity index (χ1v) is 6.83. The zero-order chi connectivity index (χ0) is 13.6. The first-order valence-electron chi connectivity index (χ1n) is 6.83. The van der Waals surface area contributed by atoms with Gasteiger partial charge in [-0.3, -0.25) is 0 Å². The number of benzene rings is 1. The standard InChI is InChI=1S/C16H26N2/c1-15(2,3)9-11-6-7-14-12(8-11)13(17)10-16(4,5)18-14/h6-8,13,18H,9-10,17H2,1-5H3. The van der Waals surface area contributed by atoms with E-state index in [1.807, 2.05) is 0 Å². The van der Waals surface area contributed by atoms with Crippen LogP contribution in [0, 0.1) is 5.41 Å². The number of rotatable bonds is 1. The molecule has 0 aromatic heterocycles. The number of hydrogen-bond donors (Lipinski definition) is 2. The Balaban J connectivity index is 2.30. The average Bonchev–Trinajstić information content (AvgIpc) is 2.15. The van der Waals surface area contributed by atoms with Crippen molar-refractivity contribution in [1.82, 2.24) is 0 Å². The van der Waals surface area contributed by atoms with Crippen molar-refractivity contribution in [3.05, 3.63) is 29.3 Å². The first-order chi connectivity index (χ1) is 8.16. The summed E-state index contributed by atoms with van der Waals surface area (Å²) in [5, 5.41) is 3.58. The maximum atomic E-state index is 6.31. The van der Waals surface area contributed by atoms with Crippen molar-refractivity contribution in [3.8, 4) is 0 Å². The highest BCUT2D eigenvalue weighted by molar-refractivity contribution is 5.58. The average molecular weight is 246 g/mol. The lowest BCUT2D eigenvalue weighted by molar-refractivity contribution is 0.409. The minimum absolute atomic E-state index is 0.0952. The molecule has 0 aliphatic carbocycles. The van der Waals surface area contributed by atoms with Crippen LogP contribution in [0.4, 0.5) is 5.69 Å². The minimum Gasteiger partial charge on any atom is -0.380 e. The lowest BCUT2D eigenvalue weighted by atomic mass is 9.83. The molecule has 0 radical (unpaired) electrons. The summed E-state index contributed by atoms with van der Waals surface area (Å²) in [6, 6.07) is 6.85. The predicted molar refractivity (Wildman–Crippen MR) is 78.8 cm³/mol. The third-order valence-corrected chi connectivity index (χ3v) is 3.45. The molecule has 1 aromatic rings. The summed E-state index contributed by atoms with van der Waals surface area (Å²) in [5.41, 5.74) is 10.6. The van der Waals surface area contributed by atoms with Crippen molar-refractivity contribution >= 4 is 5.69 Å². The zero-order valence-electron chi connectivity index (χ0n) is 12.3. The topological polar surface area (TPSA) is 38.0 Å². The van der Waals surface area contributed by atoms with E-state index in [1.165, 1.54) is 16.8 Å². The molecule has 0 fully saturated rings. The van der Waals surface area contributed by atoms with E-state index in [0.29, 0.717) is 5.41 Å². The molecule has 100 valence electrons. The van der Waals surface area contributed by atoms with Crippen LogP contribution < -0.4 is 11.1 Å². The van der Waals surface area contributed by atoms with Crippen LogP contribution in [0.2, 0.25) is 0 Å². The van der Waals surface area contributed by atoms with Crippen LogP contribution in [-0.2, 0) is 6.42 Å². The summed E-state index contributed by atoms with van der Waals surface area (Å²) in [7, 11) is 0. The number of fused-ring (bicyclic) bond motifs is 1. The summed E-state index contributed by atoms with van der Waals surface area (Å²) in [6.07, 6.45) is 2.08. The molecule has 0 saturated heterocycles. The van der Waals surface area contributed by atoms with Crippen LogP contribution in [0.1, 0.15) is 58.2 Å². The highest BCUT2D eigenvalue weighted by atomic mass is 15.0. The van der Waals surface area contributed by atoms with Crippen LogP contribution in [0.3, 0.4) is 0 Å². The van der Waals surface area contributed by atoms with E-state index in [4.69, 9.17) is 5.73 Å². The molecule has 0 bridgehead atoms. The predicted octanol–water partition coefficient (Wildman–Crippen LogP) is 3.87. The smallest absolute Gasteiger partial charge is 0.0392 e. The molecule has 1 heterocycles. The first kappa shape index (κ1) is 13.4. The van der Waals surface area contributed by atoms with Crippen LogP contribution in [0.25, 0.3) is 0 Å². The Morgan fingerprint density at radius 3 is 2.61 bits per heavy atom. The Bertz CT molecular complexity index is 441. The molecular weight excluding hydrogens is 220 g/mol. The Kier molecular flexibility index (Phi) is 3.18. The third kappa shape index (κ3) is 3.05. The Morgan fingerprint density at radius 1 is 1.33 bits per heavy atom. The number of nitrogens with one attached hydrogen (secondary N) is 1. The maximum Gasteiger partial charge on any atom is 0.0392 e. The second-order valence-electron chi connectivity index (χ2n) is 7.48. The molecule has 3 N–H and O–H groups in total. The SMILES string of the molecule is CC(C)(C)Cc1ccc2c(c1)C(N)CC(C)(C)N2. The van der Waals surface area contributed by atoms with Crippen LogP contribution >= 0.6 is 0 Å². The van der Waals surface area contributed by atoms with Gasteiger partial charge in [0, 0.05) is 17.3 Å². The van der Waals surface area contributed by atoms with Gasteiger partial charge in [0.15, 0.2) is 0 Å². The highest BCUT2D eigenvalue weighted by Gasteiger charge is 2.29. The molecule has 1 aliphatic rings. The van der Waals surface area contributed by atoms with Crippen molar-refractivity contribution < 1.29 is 0 Å². The van der Waals surface area contributed by atoms with E-state index < -0.39 is 0 Å². The largest absolute Gasteiger partial charge is 0.380 e. The second kappa shape index (κ2) is 4.27. The monoisotopic (exact) mass is 246 g/mol.